The van der Waals surface area contributed by atoms with Gasteiger partial charge >= 0.3 is 5.97 Å². The Labute approximate surface area is 114 Å². The highest BCUT2D eigenvalue weighted by Crippen LogP contribution is 2.37. The molecule has 0 atom stereocenters. The Bertz CT molecular complexity index is 700. The molecule has 0 radical (unpaired) electrons. The predicted octanol–water partition coefficient (Wildman–Crippen LogP) is 3.36. The first kappa shape index (κ1) is 12.6. The smallest absolute Gasteiger partial charge is 0.340 e. The monoisotopic (exact) mass is 275 g/mol. The largest absolute Gasteiger partial charge is 0.478 e. The van der Waals surface area contributed by atoms with E-state index in [0.717, 1.165) is 11.6 Å². The van der Waals surface area contributed by atoms with Crippen LogP contribution in [0, 0.1) is 11.6 Å². The standard InChI is InChI=1S/C15H11F2NO2/c16-10-5-4-9-6-7-18(13(9)8-10)12-3-1-2-11(17)14(12)15(19)20/h1-5,8H,6-7H2,(H,19,20). The summed E-state index contributed by atoms with van der Waals surface area (Å²) in [4.78, 5) is 12.9. The molecule has 3 rings (SSSR count). The van der Waals surface area contributed by atoms with Crippen LogP contribution in [0.2, 0.25) is 0 Å². The number of anilines is 2. The average molecular weight is 275 g/mol. The number of carboxylic acids is 1. The third kappa shape index (κ3) is 1.91. The Morgan fingerprint density at radius 1 is 1.15 bits per heavy atom. The Hall–Kier alpha value is -2.43. The van der Waals surface area contributed by atoms with E-state index < -0.39 is 17.6 Å². The van der Waals surface area contributed by atoms with E-state index in [1.165, 1.54) is 24.3 Å². The van der Waals surface area contributed by atoms with Crippen molar-refractivity contribution in [1.82, 2.24) is 0 Å². The lowest BCUT2D eigenvalue weighted by molar-refractivity contribution is 0.0693. The second-order valence-electron chi connectivity index (χ2n) is 4.61. The average Bonchev–Trinajstić information content (AvgIpc) is 2.80. The molecule has 0 aliphatic carbocycles. The lowest BCUT2D eigenvalue weighted by Crippen LogP contribution is -2.18. The summed E-state index contributed by atoms with van der Waals surface area (Å²) in [7, 11) is 0. The highest BCUT2D eigenvalue weighted by Gasteiger charge is 2.26. The van der Waals surface area contributed by atoms with E-state index in [1.807, 2.05) is 0 Å². The summed E-state index contributed by atoms with van der Waals surface area (Å²) in [6.07, 6.45) is 0.672. The van der Waals surface area contributed by atoms with Crippen LogP contribution < -0.4 is 4.90 Å². The first-order chi connectivity index (χ1) is 9.58. The molecule has 1 aliphatic rings. The van der Waals surface area contributed by atoms with Crippen molar-refractivity contribution in [2.45, 2.75) is 6.42 Å². The zero-order valence-electron chi connectivity index (χ0n) is 10.4. The maximum Gasteiger partial charge on any atom is 0.340 e. The molecule has 0 aromatic heterocycles. The van der Waals surface area contributed by atoms with Gasteiger partial charge < -0.3 is 10.0 Å². The van der Waals surface area contributed by atoms with Crippen LogP contribution in [0.3, 0.4) is 0 Å². The highest BCUT2D eigenvalue weighted by molar-refractivity contribution is 5.96. The number of carbonyl (C=O) groups is 1. The van der Waals surface area contributed by atoms with Crippen LogP contribution >= 0.6 is 0 Å². The Kier molecular flexibility index (Phi) is 2.89. The van der Waals surface area contributed by atoms with E-state index in [0.29, 0.717) is 18.7 Å². The zero-order chi connectivity index (χ0) is 14.3. The van der Waals surface area contributed by atoms with Gasteiger partial charge in [-0.25, -0.2) is 13.6 Å². The Morgan fingerprint density at radius 3 is 2.70 bits per heavy atom. The molecule has 0 spiro atoms. The van der Waals surface area contributed by atoms with Gasteiger partial charge in [-0.15, -0.1) is 0 Å². The molecular weight excluding hydrogens is 264 g/mol. The molecular formula is C15H11F2NO2. The van der Waals surface area contributed by atoms with Crippen LogP contribution in [0.4, 0.5) is 20.2 Å². The minimum Gasteiger partial charge on any atom is -0.478 e. The summed E-state index contributed by atoms with van der Waals surface area (Å²) >= 11 is 0. The van der Waals surface area contributed by atoms with E-state index >= 15 is 0 Å². The van der Waals surface area contributed by atoms with E-state index in [1.54, 1.807) is 11.0 Å². The van der Waals surface area contributed by atoms with Gasteiger partial charge in [0.25, 0.3) is 0 Å². The van der Waals surface area contributed by atoms with Crippen molar-refractivity contribution in [3.05, 3.63) is 59.2 Å². The number of halogens is 2. The number of hydrogen-bond acceptors (Lipinski definition) is 2. The molecule has 0 fully saturated rings. The summed E-state index contributed by atoms with van der Waals surface area (Å²) in [5.41, 5.74) is 1.39. The second-order valence-corrected chi connectivity index (χ2v) is 4.61. The molecule has 0 bridgehead atoms. The van der Waals surface area contributed by atoms with Crippen LogP contribution in [0.1, 0.15) is 15.9 Å². The molecule has 0 amide bonds. The molecule has 3 nitrogen and oxygen atoms in total. The maximum atomic E-state index is 13.7. The number of aromatic carboxylic acids is 1. The number of nitrogens with zero attached hydrogens (tertiary/aromatic N) is 1. The van der Waals surface area contributed by atoms with Gasteiger partial charge in [0.2, 0.25) is 0 Å². The first-order valence-corrected chi connectivity index (χ1v) is 6.15. The van der Waals surface area contributed by atoms with Crippen molar-refractivity contribution in [2.24, 2.45) is 0 Å². The van der Waals surface area contributed by atoms with E-state index in [9.17, 15) is 13.6 Å². The summed E-state index contributed by atoms with van der Waals surface area (Å²) in [5, 5.41) is 9.17. The molecule has 20 heavy (non-hydrogen) atoms. The molecule has 2 aromatic carbocycles. The second kappa shape index (κ2) is 4.59. The molecule has 0 unspecified atom stereocenters. The lowest BCUT2D eigenvalue weighted by Gasteiger charge is -2.21. The van der Waals surface area contributed by atoms with Gasteiger partial charge in [-0.2, -0.15) is 0 Å². The minimum atomic E-state index is -1.33. The van der Waals surface area contributed by atoms with Gasteiger partial charge in [0, 0.05) is 12.2 Å². The molecule has 5 heteroatoms. The van der Waals surface area contributed by atoms with E-state index in [-0.39, 0.29) is 11.3 Å². The molecule has 0 saturated heterocycles. The van der Waals surface area contributed by atoms with Crippen LogP contribution in [-0.4, -0.2) is 17.6 Å². The van der Waals surface area contributed by atoms with Crippen molar-refractivity contribution < 1.29 is 18.7 Å². The number of rotatable bonds is 2. The quantitative estimate of drug-likeness (QED) is 0.913. The fourth-order valence-corrected chi connectivity index (χ4v) is 2.55. The van der Waals surface area contributed by atoms with Crippen LogP contribution in [-0.2, 0) is 6.42 Å². The number of hydrogen-bond donors (Lipinski definition) is 1. The van der Waals surface area contributed by atoms with Gasteiger partial charge in [0.05, 0.1) is 5.69 Å². The molecule has 1 heterocycles. The van der Waals surface area contributed by atoms with E-state index in [4.69, 9.17) is 5.11 Å². The van der Waals surface area contributed by atoms with Crippen LogP contribution in [0.15, 0.2) is 36.4 Å². The molecule has 1 N–H and O–H groups in total. The zero-order valence-corrected chi connectivity index (χ0v) is 10.4. The maximum absolute atomic E-state index is 13.7. The summed E-state index contributed by atoms with van der Waals surface area (Å²) in [6.45, 7) is 0.502. The van der Waals surface area contributed by atoms with Gasteiger partial charge in [0.1, 0.15) is 17.2 Å². The SMILES string of the molecule is O=C(O)c1c(F)cccc1N1CCc2ccc(F)cc21. The van der Waals surface area contributed by atoms with Crippen molar-refractivity contribution in [2.75, 3.05) is 11.4 Å². The third-order valence-electron chi connectivity index (χ3n) is 3.44. The fourth-order valence-electron chi connectivity index (χ4n) is 2.55. The number of carboxylic acid groups (broad SMARTS) is 1. The summed E-state index contributed by atoms with van der Waals surface area (Å²) < 4.78 is 27.1. The summed E-state index contributed by atoms with van der Waals surface area (Å²) in [5.74, 6) is -2.52. The van der Waals surface area contributed by atoms with Gasteiger partial charge in [-0.1, -0.05) is 12.1 Å². The highest BCUT2D eigenvalue weighted by atomic mass is 19.1. The van der Waals surface area contributed by atoms with Crippen molar-refractivity contribution in [3.63, 3.8) is 0 Å². The van der Waals surface area contributed by atoms with Gasteiger partial charge in [0.15, 0.2) is 0 Å². The van der Waals surface area contributed by atoms with Crippen molar-refractivity contribution in [1.29, 1.82) is 0 Å². The first-order valence-electron chi connectivity index (χ1n) is 6.15. The van der Waals surface area contributed by atoms with Crippen molar-refractivity contribution in [3.8, 4) is 0 Å². The van der Waals surface area contributed by atoms with Gasteiger partial charge in [-0.05, 0) is 36.2 Å². The summed E-state index contributed by atoms with van der Waals surface area (Å²) in [6, 6.07) is 8.48. The van der Waals surface area contributed by atoms with Crippen molar-refractivity contribution >= 4 is 17.3 Å². The molecule has 2 aromatic rings. The fraction of sp³-hybridized carbons (Fsp3) is 0.133. The number of fused-ring (bicyclic) bond motifs is 1. The van der Waals surface area contributed by atoms with Crippen LogP contribution in [0.25, 0.3) is 0 Å². The molecule has 1 aliphatic heterocycles. The lowest BCUT2D eigenvalue weighted by atomic mass is 10.1. The Morgan fingerprint density at radius 2 is 1.95 bits per heavy atom. The Balaban J connectivity index is 2.16. The normalized spacial score (nSPS) is 13.4. The topological polar surface area (TPSA) is 40.5 Å². The van der Waals surface area contributed by atoms with E-state index in [2.05, 4.69) is 0 Å². The third-order valence-corrected chi connectivity index (χ3v) is 3.44. The van der Waals surface area contributed by atoms with Crippen LogP contribution in [0.5, 0.6) is 0 Å². The predicted molar refractivity (Wildman–Crippen MR) is 70.5 cm³/mol. The minimum absolute atomic E-state index is 0.252. The molecule has 102 valence electrons. The molecule has 0 saturated carbocycles. The van der Waals surface area contributed by atoms with Gasteiger partial charge in [-0.3, -0.25) is 0 Å². The number of benzene rings is 2.